The van der Waals surface area contributed by atoms with Gasteiger partial charge < -0.3 is 10.2 Å². The van der Waals surface area contributed by atoms with Crippen molar-refractivity contribution in [3.05, 3.63) is 42.1 Å². The van der Waals surface area contributed by atoms with E-state index in [9.17, 15) is 0 Å². The molecule has 90 valence electrons. The van der Waals surface area contributed by atoms with Crippen molar-refractivity contribution in [2.24, 2.45) is 0 Å². The van der Waals surface area contributed by atoms with Gasteiger partial charge in [0.25, 0.3) is 0 Å². The Balaban J connectivity index is 2.03. The summed E-state index contributed by atoms with van der Waals surface area (Å²) in [7, 11) is 4.17. The molecule has 0 aliphatic heterocycles. The van der Waals surface area contributed by atoms with Gasteiger partial charge in [-0.25, -0.2) is 0 Å². The highest BCUT2D eigenvalue weighted by atomic mass is 15.1. The normalized spacial score (nSPS) is 11.2. The summed E-state index contributed by atoms with van der Waals surface area (Å²) in [5.41, 5.74) is 2.38. The average Bonchev–Trinajstić information content (AvgIpc) is 2.34. The number of rotatable bonds is 5. The summed E-state index contributed by atoms with van der Waals surface area (Å²) in [6, 6.07) is 10.4. The molecular weight excluding hydrogens is 210 g/mol. The summed E-state index contributed by atoms with van der Waals surface area (Å²) in [4.78, 5) is 6.54. The van der Waals surface area contributed by atoms with E-state index in [4.69, 9.17) is 0 Å². The third-order valence-corrected chi connectivity index (χ3v) is 2.79. The number of hydrogen-bond donors (Lipinski definition) is 1. The Morgan fingerprint density at radius 3 is 2.88 bits per heavy atom. The molecule has 0 radical (unpaired) electrons. The molecule has 0 aliphatic rings. The molecule has 1 heterocycles. The first-order chi connectivity index (χ1) is 8.27. The van der Waals surface area contributed by atoms with Gasteiger partial charge in [0.15, 0.2) is 0 Å². The van der Waals surface area contributed by atoms with Gasteiger partial charge in [-0.3, -0.25) is 4.98 Å². The van der Waals surface area contributed by atoms with Crippen LogP contribution < -0.4 is 5.32 Å². The van der Waals surface area contributed by atoms with E-state index in [1.807, 2.05) is 12.3 Å². The first kappa shape index (κ1) is 12.0. The molecule has 3 heteroatoms. The molecule has 2 rings (SSSR count). The van der Waals surface area contributed by atoms with Gasteiger partial charge in [-0.05, 0) is 31.8 Å². The molecule has 1 aromatic heterocycles. The molecule has 17 heavy (non-hydrogen) atoms. The predicted octanol–water partition coefficient (Wildman–Crippen LogP) is 1.89. The number of nitrogens with one attached hydrogen (secondary N) is 1. The Morgan fingerprint density at radius 1 is 1.18 bits per heavy atom. The van der Waals surface area contributed by atoms with Crippen LogP contribution in [0.4, 0.5) is 0 Å². The first-order valence-corrected chi connectivity index (χ1v) is 5.95. The lowest BCUT2D eigenvalue weighted by molar-refractivity contribution is 0.400. The van der Waals surface area contributed by atoms with Gasteiger partial charge in [0.2, 0.25) is 0 Å². The minimum absolute atomic E-state index is 0.900. The van der Waals surface area contributed by atoms with Crippen LogP contribution in [-0.4, -0.2) is 37.1 Å². The summed E-state index contributed by atoms with van der Waals surface area (Å²) in [6.45, 7) is 2.96. The summed E-state index contributed by atoms with van der Waals surface area (Å²) in [5.74, 6) is 0. The van der Waals surface area contributed by atoms with Crippen LogP contribution in [-0.2, 0) is 6.54 Å². The van der Waals surface area contributed by atoms with Crippen LogP contribution >= 0.6 is 0 Å². The van der Waals surface area contributed by atoms with Crippen molar-refractivity contribution in [3.63, 3.8) is 0 Å². The zero-order chi connectivity index (χ0) is 12.1. The molecule has 0 unspecified atom stereocenters. The maximum absolute atomic E-state index is 4.36. The molecule has 2 aromatic rings. The highest BCUT2D eigenvalue weighted by Gasteiger charge is 2.00. The fourth-order valence-electron chi connectivity index (χ4n) is 1.85. The van der Waals surface area contributed by atoms with E-state index in [0.717, 1.165) is 25.2 Å². The highest BCUT2D eigenvalue weighted by molar-refractivity contribution is 5.81. The van der Waals surface area contributed by atoms with E-state index in [1.165, 1.54) is 10.9 Å². The summed E-state index contributed by atoms with van der Waals surface area (Å²) >= 11 is 0. The van der Waals surface area contributed by atoms with Crippen LogP contribution in [0.1, 0.15) is 5.56 Å². The summed E-state index contributed by atoms with van der Waals surface area (Å²) in [6.07, 6.45) is 1.84. The van der Waals surface area contributed by atoms with E-state index in [0.29, 0.717) is 0 Å². The van der Waals surface area contributed by atoms with Crippen molar-refractivity contribution in [2.45, 2.75) is 6.54 Å². The van der Waals surface area contributed by atoms with Crippen molar-refractivity contribution >= 4 is 10.9 Å². The molecule has 1 N–H and O–H groups in total. The molecule has 0 saturated heterocycles. The van der Waals surface area contributed by atoms with Crippen molar-refractivity contribution in [1.29, 1.82) is 0 Å². The van der Waals surface area contributed by atoms with Gasteiger partial charge in [0.1, 0.15) is 0 Å². The van der Waals surface area contributed by atoms with E-state index in [2.05, 4.69) is 53.6 Å². The number of benzene rings is 1. The van der Waals surface area contributed by atoms with E-state index in [1.54, 1.807) is 0 Å². The van der Waals surface area contributed by atoms with E-state index >= 15 is 0 Å². The topological polar surface area (TPSA) is 28.2 Å². The van der Waals surface area contributed by atoms with Crippen LogP contribution in [0.3, 0.4) is 0 Å². The van der Waals surface area contributed by atoms with Crippen molar-refractivity contribution in [3.8, 4) is 0 Å². The third-order valence-electron chi connectivity index (χ3n) is 2.79. The molecule has 0 atom stereocenters. The van der Waals surface area contributed by atoms with Crippen LogP contribution in [0.5, 0.6) is 0 Å². The lowest BCUT2D eigenvalue weighted by Crippen LogP contribution is -2.26. The predicted molar refractivity (Wildman–Crippen MR) is 72.0 cm³/mol. The highest BCUT2D eigenvalue weighted by Crippen LogP contribution is 2.15. The Kier molecular flexibility index (Phi) is 4.07. The Labute approximate surface area is 102 Å². The SMILES string of the molecule is CN(C)CCNCc1cccc2ncccc12. The van der Waals surface area contributed by atoms with Gasteiger partial charge in [0.05, 0.1) is 5.52 Å². The summed E-state index contributed by atoms with van der Waals surface area (Å²) in [5, 5.41) is 4.70. The van der Waals surface area contributed by atoms with Gasteiger partial charge in [-0.2, -0.15) is 0 Å². The fraction of sp³-hybridized carbons (Fsp3) is 0.357. The van der Waals surface area contributed by atoms with E-state index < -0.39 is 0 Å². The molecule has 0 aliphatic carbocycles. The van der Waals surface area contributed by atoms with Gasteiger partial charge in [0, 0.05) is 31.2 Å². The smallest absolute Gasteiger partial charge is 0.0705 e. The van der Waals surface area contributed by atoms with Crippen LogP contribution in [0.25, 0.3) is 10.9 Å². The largest absolute Gasteiger partial charge is 0.311 e. The molecule has 0 saturated carbocycles. The maximum Gasteiger partial charge on any atom is 0.0705 e. The lowest BCUT2D eigenvalue weighted by atomic mass is 10.1. The standard InChI is InChI=1S/C14H19N3/c1-17(2)10-9-15-11-12-5-3-7-14-13(12)6-4-8-16-14/h3-8,15H,9-11H2,1-2H3. The van der Waals surface area contributed by atoms with Gasteiger partial charge >= 0.3 is 0 Å². The second kappa shape index (κ2) is 5.75. The number of pyridine rings is 1. The minimum Gasteiger partial charge on any atom is -0.311 e. The average molecular weight is 229 g/mol. The van der Waals surface area contributed by atoms with E-state index in [-0.39, 0.29) is 0 Å². The molecule has 3 nitrogen and oxygen atoms in total. The summed E-state index contributed by atoms with van der Waals surface area (Å²) < 4.78 is 0. The quantitative estimate of drug-likeness (QED) is 0.794. The Bertz CT molecular complexity index is 474. The number of aromatic nitrogens is 1. The molecule has 0 bridgehead atoms. The molecular formula is C14H19N3. The molecule has 0 spiro atoms. The van der Waals surface area contributed by atoms with Crippen LogP contribution in [0.2, 0.25) is 0 Å². The first-order valence-electron chi connectivity index (χ1n) is 5.95. The fourth-order valence-corrected chi connectivity index (χ4v) is 1.85. The molecule has 1 aromatic carbocycles. The van der Waals surface area contributed by atoms with Crippen LogP contribution in [0.15, 0.2) is 36.5 Å². The number of hydrogen-bond acceptors (Lipinski definition) is 3. The second-order valence-electron chi connectivity index (χ2n) is 4.47. The second-order valence-corrected chi connectivity index (χ2v) is 4.47. The molecule has 0 fully saturated rings. The third kappa shape index (κ3) is 3.25. The number of likely N-dealkylation sites (N-methyl/N-ethyl adjacent to an activating group) is 1. The molecule has 0 amide bonds. The van der Waals surface area contributed by atoms with Crippen molar-refractivity contribution in [1.82, 2.24) is 15.2 Å². The zero-order valence-corrected chi connectivity index (χ0v) is 10.5. The Hall–Kier alpha value is -1.45. The minimum atomic E-state index is 0.900. The van der Waals surface area contributed by atoms with Crippen molar-refractivity contribution in [2.75, 3.05) is 27.2 Å². The maximum atomic E-state index is 4.36. The number of nitrogens with zero attached hydrogens (tertiary/aromatic N) is 2. The van der Waals surface area contributed by atoms with Gasteiger partial charge in [-0.15, -0.1) is 0 Å². The van der Waals surface area contributed by atoms with Crippen LogP contribution in [0, 0.1) is 0 Å². The monoisotopic (exact) mass is 229 g/mol. The Morgan fingerprint density at radius 2 is 2.06 bits per heavy atom. The number of fused-ring (bicyclic) bond motifs is 1. The van der Waals surface area contributed by atoms with Crippen molar-refractivity contribution < 1.29 is 0 Å². The van der Waals surface area contributed by atoms with Gasteiger partial charge in [-0.1, -0.05) is 18.2 Å². The zero-order valence-electron chi connectivity index (χ0n) is 10.5. The lowest BCUT2D eigenvalue weighted by Gasteiger charge is -2.11.